The maximum Gasteiger partial charge on any atom is 0.250 e. The highest BCUT2D eigenvalue weighted by Gasteiger charge is 2.45. The summed E-state index contributed by atoms with van der Waals surface area (Å²) in [4.78, 5) is 14.9. The number of carbonyl (C=O) groups excluding carboxylic acids is 1. The topological polar surface area (TPSA) is 20.3 Å². The van der Waals surface area contributed by atoms with E-state index in [2.05, 4.69) is 29.2 Å². The van der Waals surface area contributed by atoms with Gasteiger partial charge in [-0.1, -0.05) is 30.3 Å². The van der Waals surface area contributed by atoms with Crippen molar-refractivity contribution in [3.63, 3.8) is 0 Å². The highest BCUT2D eigenvalue weighted by molar-refractivity contribution is 5.98. The third kappa shape index (κ3) is 1.81. The minimum atomic E-state index is 0.334. The van der Waals surface area contributed by atoms with Crippen LogP contribution in [-0.2, 0) is 11.2 Å². The molecular formula is C18H21NO. The molecule has 0 bridgehead atoms. The predicted octanol–water partition coefficient (Wildman–Crippen LogP) is 3.33. The summed E-state index contributed by atoms with van der Waals surface area (Å²) in [6.07, 6.45) is 7.07. The Morgan fingerprint density at radius 1 is 1.10 bits per heavy atom. The van der Waals surface area contributed by atoms with Gasteiger partial charge in [-0.3, -0.25) is 4.79 Å². The summed E-state index contributed by atoms with van der Waals surface area (Å²) < 4.78 is 0. The summed E-state index contributed by atoms with van der Waals surface area (Å²) in [6.45, 7) is 0.974. The van der Waals surface area contributed by atoms with E-state index in [9.17, 15) is 4.79 Å². The minimum absolute atomic E-state index is 0.334. The van der Waals surface area contributed by atoms with Crippen molar-refractivity contribution in [2.45, 2.75) is 44.6 Å². The Kier molecular flexibility index (Phi) is 2.90. The standard InChI is InChI=1S/C18H21NO/c20-18-16(12-13-6-2-1-3-7-13)15-10-4-8-14-9-5-11-19(18)17(14)15/h1-3,6-7,14,17H,4-5,8-12H2. The van der Waals surface area contributed by atoms with Gasteiger partial charge in [0.15, 0.2) is 0 Å². The SMILES string of the molecule is O=C1C(Cc2ccccc2)=C2CCCC3CCCN1C23. The van der Waals surface area contributed by atoms with Crippen LogP contribution in [0.25, 0.3) is 0 Å². The Hall–Kier alpha value is -1.57. The van der Waals surface area contributed by atoms with Gasteiger partial charge in [-0.25, -0.2) is 0 Å². The average Bonchev–Trinajstić information content (AvgIpc) is 2.77. The summed E-state index contributed by atoms with van der Waals surface area (Å²) in [5, 5.41) is 0. The molecule has 1 amide bonds. The Morgan fingerprint density at radius 3 is 2.75 bits per heavy atom. The van der Waals surface area contributed by atoms with Crippen molar-refractivity contribution in [3.8, 4) is 0 Å². The quantitative estimate of drug-likeness (QED) is 0.805. The molecular weight excluding hydrogens is 246 g/mol. The maximum atomic E-state index is 12.8. The van der Waals surface area contributed by atoms with E-state index < -0.39 is 0 Å². The average molecular weight is 267 g/mol. The first-order valence-electron chi connectivity index (χ1n) is 7.91. The minimum Gasteiger partial charge on any atom is -0.332 e. The number of hydrogen-bond donors (Lipinski definition) is 0. The van der Waals surface area contributed by atoms with Crippen LogP contribution in [0.5, 0.6) is 0 Å². The monoisotopic (exact) mass is 267 g/mol. The maximum absolute atomic E-state index is 12.8. The number of hydrogen-bond acceptors (Lipinski definition) is 1. The van der Waals surface area contributed by atoms with Gasteiger partial charge in [-0.15, -0.1) is 0 Å². The molecule has 2 aliphatic heterocycles. The zero-order valence-corrected chi connectivity index (χ0v) is 11.8. The Bertz CT molecular complexity index is 558. The van der Waals surface area contributed by atoms with Crippen LogP contribution in [0.3, 0.4) is 0 Å². The van der Waals surface area contributed by atoms with E-state index in [0.717, 1.165) is 30.9 Å². The second-order valence-electron chi connectivity index (χ2n) is 6.40. The summed E-state index contributed by atoms with van der Waals surface area (Å²) in [5.74, 6) is 1.07. The normalized spacial score (nSPS) is 28.8. The number of amides is 1. The molecule has 0 N–H and O–H groups in total. The van der Waals surface area contributed by atoms with Crippen LogP contribution in [-0.4, -0.2) is 23.4 Å². The molecule has 2 unspecified atom stereocenters. The molecule has 4 rings (SSSR count). The highest BCUT2D eigenvalue weighted by atomic mass is 16.2. The van der Waals surface area contributed by atoms with E-state index in [0.29, 0.717) is 11.9 Å². The molecule has 2 heteroatoms. The van der Waals surface area contributed by atoms with E-state index in [1.807, 2.05) is 6.07 Å². The Labute approximate surface area is 120 Å². The van der Waals surface area contributed by atoms with E-state index in [-0.39, 0.29) is 0 Å². The third-order valence-electron chi connectivity index (χ3n) is 5.26. The lowest BCUT2D eigenvalue weighted by atomic mass is 9.76. The number of benzene rings is 1. The highest BCUT2D eigenvalue weighted by Crippen LogP contribution is 2.44. The van der Waals surface area contributed by atoms with Crippen molar-refractivity contribution in [2.75, 3.05) is 6.54 Å². The summed E-state index contributed by atoms with van der Waals surface area (Å²) in [7, 11) is 0. The molecule has 2 heterocycles. The van der Waals surface area contributed by atoms with Crippen molar-refractivity contribution in [1.29, 1.82) is 0 Å². The van der Waals surface area contributed by atoms with Gasteiger partial charge in [0.05, 0.1) is 6.04 Å². The second-order valence-corrected chi connectivity index (χ2v) is 6.40. The van der Waals surface area contributed by atoms with E-state index in [1.54, 1.807) is 0 Å². The van der Waals surface area contributed by atoms with Crippen molar-refractivity contribution < 1.29 is 4.79 Å². The zero-order chi connectivity index (χ0) is 13.5. The molecule has 1 saturated carbocycles. The Morgan fingerprint density at radius 2 is 1.90 bits per heavy atom. The van der Waals surface area contributed by atoms with Gasteiger partial charge in [0, 0.05) is 18.5 Å². The van der Waals surface area contributed by atoms with E-state index >= 15 is 0 Å². The van der Waals surface area contributed by atoms with Gasteiger partial charge in [0.2, 0.25) is 0 Å². The fourth-order valence-corrected chi connectivity index (χ4v) is 4.41. The molecule has 20 heavy (non-hydrogen) atoms. The molecule has 2 atom stereocenters. The van der Waals surface area contributed by atoms with Crippen LogP contribution >= 0.6 is 0 Å². The first kappa shape index (κ1) is 12.2. The van der Waals surface area contributed by atoms with Crippen molar-refractivity contribution >= 4 is 5.91 Å². The zero-order valence-electron chi connectivity index (χ0n) is 11.8. The molecule has 104 valence electrons. The number of piperidine rings is 1. The fraction of sp³-hybridized carbons (Fsp3) is 0.500. The van der Waals surface area contributed by atoms with Gasteiger partial charge in [0.1, 0.15) is 0 Å². The van der Waals surface area contributed by atoms with Crippen LogP contribution in [0.15, 0.2) is 41.5 Å². The smallest absolute Gasteiger partial charge is 0.250 e. The van der Waals surface area contributed by atoms with Crippen molar-refractivity contribution in [1.82, 2.24) is 4.90 Å². The van der Waals surface area contributed by atoms with Crippen LogP contribution < -0.4 is 0 Å². The van der Waals surface area contributed by atoms with Crippen LogP contribution in [0.2, 0.25) is 0 Å². The number of nitrogens with zero attached hydrogens (tertiary/aromatic N) is 1. The second kappa shape index (κ2) is 4.76. The van der Waals surface area contributed by atoms with Gasteiger partial charge in [-0.2, -0.15) is 0 Å². The van der Waals surface area contributed by atoms with E-state index in [4.69, 9.17) is 0 Å². The van der Waals surface area contributed by atoms with Crippen LogP contribution in [0.4, 0.5) is 0 Å². The molecule has 1 aliphatic carbocycles. The van der Waals surface area contributed by atoms with Crippen molar-refractivity contribution in [3.05, 3.63) is 47.0 Å². The lowest BCUT2D eigenvalue weighted by Gasteiger charge is -2.41. The lowest BCUT2D eigenvalue weighted by Crippen LogP contribution is -2.46. The molecule has 0 aromatic heterocycles. The molecule has 2 fully saturated rings. The van der Waals surface area contributed by atoms with E-state index in [1.165, 1.54) is 36.8 Å². The fourth-order valence-electron chi connectivity index (χ4n) is 4.41. The number of rotatable bonds is 2. The first-order valence-corrected chi connectivity index (χ1v) is 7.91. The Balaban J connectivity index is 1.70. The third-order valence-corrected chi connectivity index (χ3v) is 5.26. The van der Waals surface area contributed by atoms with Gasteiger partial charge < -0.3 is 4.90 Å². The molecule has 0 spiro atoms. The first-order chi connectivity index (χ1) is 9.84. The molecule has 2 nitrogen and oxygen atoms in total. The molecule has 1 aromatic carbocycles. The molecule has 0 radical (unpaired) electrons. The molecule has 1 aromatic rings. The van der Waals surface area contributed by atoms with Crippen LogP contribution in [0.1, 0.15) is 37.7 Å². The predicted molar refractivity (Wildman–Crippen MR) is 79.2 cm³/mol. The van der Waals surface area contributed by atoms with Crippen LogP contribution in [0, 0.1) is 5.92 Å². The van der Waals surface area contributed by atoms with Crippen molar-refractivity contribution in [2.24, 2.45) is 5.92 Å². The van der Waals surface area contributed by atoms with Gasteiger partial charge in [-0.05, 0) is 49.2 Å². The van der Waals surface area contributed by atoms with Gasteiger partial charge in [0.25, 0.3) is 5.91 Å². The lowest BCUT2D eigenvalue weighted by molar-refractivity contribution is -0.129. The summed E-state index contributed by atoms with van der Waals surface area (Å²) in [6, 6.07) is 10.9. The number of carbonyl (C=O) groups is 1. The molecule has 1 saturated heterocycles. The molecule has 3 aliphatic rings. The summed E-state index contributed by atoms with van der Waals surface area (Å²) in [5.41, 5.74) is 3.87. The largest absolute Gasteiger partial charge is 0.332 e. The summed E-state index contributed by atoms with van der Waals surface area (Å²) >= 11 is 0. The van der Waals surface area contributed by atoms with Gasteiger partial charge >= 0.3 is 0 Å².